The summed E-state index contributed by atoms with van der Waals surface area (Å²) in [7, 11) is 0. The second kappa shape index (κ2) is 8.55. The van der Waals surface area contributed by atoms with Gasteiger partial charge in [0.1, 0.15) is 0 Å². The fraction of sp³-hybridized carbons (Fsp3) is 0.474. The number of amides is 1. The Hall–Kier alpha value is -2.50. The topological polar surface area (TPSA) is 80.9 Å². The highest BCUT2D eigenvalue weighted by Crippen LogP contribution is 2.19. The molecule has 0 aliphatic carbocycles. The second-order valence-corrected chi connectivity index (χ2v) is 7.04. The fourth-order valence-corrected chi connectivity index (χ4v) is 2.37. The van der Waals surface area contributed by atoms with E-state index in [0.29, 0.717) is 37.4 Å². The predicted molar refractivity (Wildman–Crippen MR) is 95.9 cm³/mol. The van der Waals surface area contributed by atoms with Gasteiger partial charge in [-0.1, -0.05) is 32.0 Å². The zero-order chi connectivity index (χ0) is 18.3. The molecule has 0 aliphatic heterocycles. The predicted octanol–water partition coefficient (Wildman–Crippen LogP) is 3.52. The Kier molecular flexibility index (Phi) is 6.44. The molecule has 1 amide bonds. The van der Waals surface area contributed by atoms with Gasteiger partial charge in [0.15, 0.2) is 5.82 Å². The van der Waals surface area contributed by atoms with E-state index in [4.69, 9.17) is 4.52 Å². The largest absolute Gasteiger partial charge is 0.349 e. The molecular weight excluding hydrogens is 316 g/mol. The molecule has 0 aromatic carbocycles. The van der Waals surface area contributed by atoms with Gasteiger partial charge in [0.05, 0.1) is 6.04 Å². The standard InChI is InChI=1S/C19H26N4O2/c1-5-7-15(14-10-12-20-13-11-14)21-16(24)8-6-9-17-22-18(23-25-17)19(2,3)4/h5,10-13,15H,1,6-9H2,2-4H3,(H,21,24). The smallest absolute Gasteiger partial charge is 0.226 e. The third-order valence-electron chi connectivity index (χ3n) is 3.78. The Morgan fingerprint density at radius 1 is 1.36 bits per heavy atom. The Morgan fingerprint density at radius 2 is 2.08 bits per heavy atom. The maximum Gasteiger partial charge on any atom is 0.226 e. The lowest BCUT2D eigenvalue weighted by atomic mass is 9.96. The first-order valence-corrected chi connectivity index (χ1v) is 8.53. The zero-order valence-corrected chi connectivity index (χ0v) is 15.2. The molecule has 0 fully saturated rings. The molecule has 0 spiro atoms. The summed E-state index contributed by atoms with van der Waals surface area (Å²) in [4.78, 5) is 20.6. The lowest BCUT2D eigenvalue weighted by molar-refractivity contribution is -0.121. The highest BCUT2D eigenvalue weighted by Gasteiger charge is 2.21. The first-order chi connectivity index (χ1) is 11.9. The lowest BCUT2D eigenvalue weighted by Crippen LogP contribution is -2.28. The normalized spacial score (nSPS) is 12.6. The average Bonchev–Trinajstić information content (AvgIpc) is 3.04. The Balaban J connectivity index is 1.83. The van der Waals surface area contributed by atoms with Crippen LogP contribution in [0.1, 0.15) is 63.4 Å². The van der Waals surface area contributed by atoms with Crippen LogP contribution in [0.5, 0.6) is 0 Å². The summed E-state index contributed by atoms with van der Waals surface area (Å²) in [5, 5.41) is 7.04. The van der Waals surface area contributed by atoms with Crippen LogP contribution in [0, 0.1) is 0 Å². The van der Waals surface area contributed by atoms with Gasteiger partial charge in [-0.3, -0.25) is 9.78 Å². The molecule has 0 saturated carbocycles. The van der Waals surface area contributed by atoms with Gasteiger partial charge in [-0.25, -0.2) is 0 Å². The molecule has 2 aromatic heterocycles. The highest BCUT2D eigenvalue weighted by atomic mass is 16.5. The van der Waals surface area contributed by atoms with E-state index in [-0.39, 0.29) is 17.4 Å². The Bertz CT molecular complexity index is 689. The Labute approximate surface area is 148 Å². The van der Waals surface area contributed by atoms with Crippen molar-refractivity contribution in [2.24, 2.45) is 0 Å². The number of pyridine rings is 1. The van der Waals surface area contributed by atoms with Crippen molar-refractivity contribution in [3.8, 4) is 0 Å². The van der Waals surface area contributed by atoms with Gasteiger partial charge in [0.2, 0.25) is 11.8 Å². The van der Waals surface area contributed by atoms with Crippen molar-refractivity contribution in [1.82, 2.24) is 20.4 Å². The van der Waals surface area contributed by atoms with Crippen molar-refractivity contribution in [3.63, 3.8) is 0 Å². The van der Waals surface area contributed by atoms with E-state index in [0.717, 1.165) is 5.56 Å². The van der Waals surface area contributed by atoms with Crippen LogP contribution in [-0.4, -0.2) is 21.0 Å². The summed E-state index contributed by atoms with van der Waals surface area (Å²) in [6.45, 7) is 9.87. The third-order valence-corrected chi connectivity index (χ3v) is 3.78. The minimum Gasteiger partial charge on any atom is -0.349 e. The van der Waals surface area contributed by atoms with Gasteiger partial charge in [0, 0.05) is 30.7 Å². The number of hydrogen-bond acceptors (Lipinski definition) is 5. The SMILES string of the molecule is C=CCC(NC(=O)CCCc1nc(C(C)(C)C)no1)c1ccncc1. The number of hydrogen-bond donors (Lipinski definition) is 1. The minimum atomic E-state index is -0.137. The van der Waals surface area contributed by atoms with Gasteiger partial charge in [-0.05, 0) is 30.5 Å². The molecule has 1 unspecified atom stereocenters. The van der Waals surface area contributed by atoms with Crippen molar-refractivity contribution in [2.45, 2.75) is 57.9 Å². The number of aryl methyl sites for hydroxylation is 1. The number of nitrogens with one attached hydrogen (secondary N) is 1. The van der Waals surface area contributed by atoms with Gasteiger partial charge in [0.25, 0.3) is 0 Å². The van der Waals surface area contributed by atoms with Gasteiger partial charge in [-0.2, -0.15) is 4.98 Å². The van der Waals surface area contributed by atoms with Crippen molar-refractivity contribution in [3.05, 3.63) is 54.5 Å². The summed E-state index contributed by atoms with van der Waals surface area (Å²) >= 11 is 0. The van der Waals surface area contributed by atoms with Crippen LogP contribution in [0.25, 0.3) is 0 Å². The molecule has 0 saturated heterocycles. The quantitative estimate of drug-likeness (QED) is 0.742. The minimum absolute atomic E-state index is 0.000720. The number of carbonyl (C=O) groups excluding carboxylic acids is 1. The van der Waals surface area contributed by atoms with Crippen LogP contribution in [-0.2, 0) is 16.6 Å². The van der Waals surface area contributed by atoms with E-state index < -0.39 is 0 Å². The maximum absolute atomic E-state index is 12.2. The summed E-state index contributed by atoms with van der Waals surface area (Å²) in [5.74, 6) is 1.27. The van der Waals surface area contributed by atoms with Crippen LogP contribution in [0.15, 0.2) is 41.7 Å². The molecule has 1 N–H and O–H groups in total. The summed E-state index contributed by atoms with van der Waals surface area (Å²) in [6.07, 6.45) is 7.59. The first kappa shape index (κ1) is 18.8. The van der Waals surface area contributed by atoms with Crippen molar-refractivity contribution in [1.29, 1.82) is 0 Å². The number of nitrogens with zero attached hydrogens (tertiary/aromatic N) is 3. The van der Waals surface area contributed by atoms with E-state index >= 15 is 0 Å². The van der Waals surface area contributed by atoms with Crippen molar-refractivity contribution >= 4 is 5.91 Å². The molecule has 134 valence electrons. The lowest BCUT2D eigenvalue weighted by Gasteiger charge is -2.17. The molecule has 0 bridgehead atoms. The van der Waals surface area contributed by atoms with Crippen LogP contribution >= 0.6 is 0 Å². The number of rotatable bonds is 8. The summed E-state index contributed by atoms with van der Waals surface area (Å²) < 4.78 is 5.25. The number of aromatic nitrogens is 3. The fourth-order valence-electron chi connectivity index (χ4n) is 2.37. The van der Waals surface area contributed by atoms with Crippen LogP contribution < -0.4 is 5.32 Å². The molecule has 1 atom stereocenters. The highest BCUT2D eigenvalue weighted by molar-refractivity contribution is 5.76. The summed E-state index contributed by atoms with van der Waals surface area (Å²) in [5.41, 5.74) is 0.886. The van der Waals surface area contributed by atoms with Gasteiger partial charge >= 0.3 is 0 Å². The molecular formula is C19H26N4O2. The molecule has 0 radical (unpaired) electrons. The molecule has 6 heteroatoms. The zero-order valence-electron chi connectivity index (χ0n) is 15.2. The van der Waals surface area contributed by atoms with E-state index in [1.165, 1.54) is 0 Å². The van der Waals surface area contributed by atoms with E-state index in [1.807, 2.05) is 32.9 Å². The molecule has 2 aromatic rings. The van der Waals surface area contributed by atoms with Crippen molar-refractivity contribution < 1.29 is 9.32 Å². The van der Waals surface area contributed by atoms with Crippen LogP contribution in [0.2, 0.25) is 0 Å². The Morgan fingerprint density at radius 3 is 2.68 bits per heavy atom. The van der Waals surface area contributed by atoms with Crippen molar-refractivity contribution in [2.75, 3.05) is 0 Å². The molecule has 2 heterocycles. The maximum atomic E-state index is 12.2. The van der Waals surface area contributed by atoms with Crippen LogP contribution in [0.3, 0.4) is 0 Å². The first-order valence-electron chi connectivity index (χ1n) is 8.53. The van der Waals surface area contributed by atoms with E-state index in [2.05, 4.69) is 27.0 Å². The van der Waals surface area contributed by atoms with Gasteiger partial charge < -0.3 is 9.84 Å². The average molecular weight is 342 g/mol. The second-order valence-electron chi connectivity index (χ2n) is 7.04. The summed E-state index contributed by atoms with van der Waals surface area (Å²) in [6, 6.07) is 3.73. The van der Waals surface area contributed by atoms with Crippen LogP contribution in [0.4, 0.5) is 0 Å². The third kappa shape index (κ3) is 5.81. The van der Waals surface area contributed by atoms with E-state index in [9.17, 15) is 4.79 Å². The van der Waals surface area contributed by atoms with E-state index in [1.54, 1.807) is 18.5 Å². The van der Waals surface area contributed by atoms with Gasteiger partial charge in [-0.15, -0.1) is 6.58 Å². The molecule has 2 rings (SSSR count). The number of carbonyl (C=O) groups is 1. The molecule has 25 heavy (non-hydrogen) atoms. The molecule has 0 aliphatic rings. The molecule has 6 nitrogen and oxygen atoms in total. The monoisotopic (exact) mass is 342 g/mol.